The smallest absolute Gasteiger partial charge is 0.0390 e. The van der Waals surface area contributed by atoms with Crippen molar-refractivity contribution < 1.29 is 0 Å². The summed E-state index contributed by atoms with van der Waals surface area (Å²) in [4.78, 5) is 2.69. The molecule has 0 aliphatic heterocycles. The number of thioether (sulfide) groups is 1. The van der Waals surface area contributed by atoms with Crippen molar-refractivity contribution in [3.05, 3.63) is 27.5 Å². The molecule has 0 spiro atoms. The molecule has 0 aliphatic rings. The topological polar surface area (TPSA) is 0 Å². The minimum Gasteiger partial charge on any atom is -0.139 e. The van der Waals surface area contributed by atoms with Gasteiger partial charge in [0.25, 0.3) is 0 Å². The SMILES string of the molecule is CSc1ccc2c(Br)c(C)sc2c1. The molecule has 0 saturated heterocycles. The summed E-state index contributed by atoms with van der Waals surface area (Å²) in [6.07, 6.45) is 2.11. The first-order chi connectivity index (χ1) is 6.22. The van der Waals surface area contributed by atoms with Crippen LogP contribution in [0.3, 0.4) is 0 Å². The third kappa shape index (κ3) is 1.65. The van der Waals surface area contributed by atoms with Gasteiger partial charge in [-0.3, -0.25) is 0 Å². The quantitative estimate of drug-likeness (QED) is 0.679. The summed E-state index contributed by atoms with van der Waals surface area (Å²) < 4.78 is 2.62. The summed E-state index contributed by atoms with van der Waals surface area (Å²) in [6.45, 7) is 2.15. The predicted molar refractivity (Wildman–Crippen MR) is 66.0 cm³/mol. The minimum atomic E-state index is 1.25. The molecule has 0 nitrogen and oxygen atoms in total. The molecule has 0 fully saturated rings. The van der Waals surface area contributed by atoms with Gasteiger partial charge in [0.05, 0.1) is 0 Å². The Morgan fingerprint density at radius 3 is 2.85 bits per heavy atom. The summed E-state index contributed by atoms with van der Waals surface area (Å²) in [5.74, 6) is 0. The van der Waals surface area contributed by atoms with E-state index in [9.17, 15) is 0 Å². The van der Waals surface area contributed by atoms with Gasteiger partial charge >= 0.3 is 0 Å². The fourth-order valence-corrected chi connectivity index (χ4v) is 3.52. The second-order valence-corrected chi connectivity index (χ2v) is 5.76. The van der Waals surface area contributed by atoms with Crippen LogP contribution in [0, 0.1) is 6.92 Å². The first kappa shape index (κ1) is 9.56. The Labute approximate surface area is 94.5 Å². The number of thiophene rings is 1. The van der Waals surface area contributed by atoms with Crippen molar-refractivity contribution in [2.24, 2.45) is 0 Å². The highest BCUT2D eigenvalue weighted by Gasteiger charge is 2.05. The fourth-order valence-electron chi connectivity index (χ4n) is 1.29. The van der Waals surface area contributed by atoms with Gasteiger partial charge in [0.15, 0.2) is 0 Å². The highest BCUT2D eigenvalue weighted by Crippen LogP contribution is 2.36. The maximum atomic E-state index is 3.60. The predicted octanol–water partition coefficient (Wildman–Crippen LogP) is 4.69. The first-order valence-electron chi connectivity index (χ1n) is 3.95. The van der Waals surface area contributed by atoms with E-state index in [0.29, 0.717) is 0 Å². The van der Waals surface area contributed by atoms with Gasteiger partial charge in [0, 0.05) is 24.3 Å². The Morgan fingerprint density at radius 2 is 2.15 bits per heavy atom. The van der Waals surface area contributed by atoms with E-state index < -0.39 is 0 Å². The largest absolute Gasteiger partial charge is 0.139 e. The van der Waals surface area contributed by atoms with Crippen LogP contribution in [0.1, 0.15) is 4.88 Å². The molecular weight excluding hydrogens is 264 g/mol. The van der Waals surface area contributed by atoms with Crippen LogP contribution < -0.4 is 0 Å². The maximum absolute atomic E-state index is 3.60. The monoisotopic (exact) mass is 272 g/mol. The summed E-state index contributed by atoms with van der Waals surface area (Å²) in [7, 11) is 0. The van der Waals surface area contributed by atoms with Crippen LogP contribution in [-0.2, 0) is 0 Å². The molecule has 0 aliphatic carbocycles. The fraction of sp³-hybridized carbons (Fsp3) is 0.200. The molecule has 13 heavy (non-hydrogen) atoms. The molecule has 1 heterocycles. The maximum Gasteiger partial charge on any atom is 0.0390 e. The van der Waals surface area contributed by atoms with E-state index in [1.54, 1.807) is 11.8 Å². The molecule has 0 unspecified atom stereocenters. The summed E-state index contributed by atoms with van der Waals surface area (Å²) in [6, 6.07) is 6.61. The minimum absolute atomic E-state index is 1.25. The van der Waals surface area contributed by atoms with Gasteiger partial charge in [-0.1, -0.05) is 6.07 Å². The lowest BCUT2D eigenvalue weighted by atomic mass is 10.2. The molecule has 1 aromatic carbocycles. The molecule has 3 heteroatoms. The lowest BCUT2D eigenvalue weighted by Crippen LogP contribution is -1.68. The van der Waals surface area contributed by atoms with Crippen LogP contribution in [0.15, 0.2) is 27.6 Å². The van der Waals surface area contributed by atoms with E-state index in [1.807, 2.05) is 11.3 Å². The number of hydrogen-bond acceptors (Lipinski definition) is 2. The summed E-state index contributed by atoms with van der Waals surface area (Å²) in [5.41, 5.74) is 0. The van der Waals surface area contributed by atoms with Crippen LogP contribution in [0.2, 0.25) is 0 Å². The normalized spacial score (nSPS) is 11.0. The highest BCUT2D eigenvalue weighted by atomic mass is 79.9. The zero-order chi connectivity index (χ0) is 9.42. The number of fused-ring (bicyclic) bond motifs is 1. The van der Waals surface area contributed by atoms with Crippen LogP contribution in [0.4, 0.5) is 0 Å². The zero-order valence-corrected chi connectivity index (χ0v) is 10.6. The number of rotatable bonds is 1. The van der Waals surface area contributed by atoms with E-state index in [0.717, 1.165) is 0 Å². The van der Waals surface area contributed by atoms with Gasteiger partial charge in [-0.25, -0.2) is 0 Å². The van der Waals surface area contributed by atoms with Gasteiger partial charge in [-0.2, -0.15) is 0 Å². The average molecular weight is 273 g/mol. The molecule has 0 atom stereocenters. The molecular formula is C10H9BrS2. The number of halogens is 1. The van der Waals surface area contributed by atoms with Crippen LogP contribution >= 0.6 is 39.0 Å². The molecule has 2 rings (SSSR count). The van der Waals surface area contributed by atoms with Gasteiger partial charge in [-0.05, 0) is 41.2 Å². The van der Waals surface area contributed by atoms with Crippen molar-refractivity contribution in [1.29, 1.82) is 0 Å². The second kappa shape index (κ2) is 3.64. The number of aryl methyl sites for hydroxylation is 1. The van der Waals surface area contributed by atoms with Gasteiger partial charge < -0.3 is 0 Å². The van der Waals surface area contributed by atoms with Crippen molar-refractivity contribution in [3.63, 3.8) is 0 Å². The second-order valence-electron chi connectivity index (χ2n) is 2.83. The molecule has 0 radical (unpaired) electrons. The van der Waals surface area contributed by atoms with Gasteiger partial charge in [-0.15, -0.1) is 23.1 Å². The van der Waals surface area contributed by atoms with Crippen molar-refractivity contribution in [2.75, 3.05) is 6.26 Å². The van der Waals surface area contributed by atoms with E-state index in [-0.39, 0.29) is 0 Å². The van der Waals surface area contributed by atoms with Crippen molar-refractivity contribution in [3.8, 4) is 0 Å². The van der Waals surface area contributed by atoms with Crippen molar-refractivity contribution in [1.82, 2.24) is 0 Å². The van der Waals surface area contributed by atoms with E-state index in [1.165, 1.54) is 24.3 Å². The zero-order valence-electron chi connectivity index (χ0n) is 7.43. The first-order valence-corrected chi connectivity index (χ1v) is 6.78. The standard InChI is InChI=1S/C10H9BrS2/c1-6-10(11)8-4-3-7(12-2)5-9(8)13-6/h3-5H,1-2H3. The molecule has 0 amide bonds. The van der Waals surface area contributed by atoms with Gasteiger partial charge in [0.1, 0.15) is 0 Å². The third-order valence-electron chi connectivity index (χ3n) is 2.00. The summed E-state index contributed by atoms with van der Waals surface area (Å²) >= 11 is 7.24. The Balaban J connectivity index is 2.73. The Kier molecular flexibility index (Phi) is 2.67. The Bertz CT molecular complexity index is 445. The summed E-state index contributed by atoms with van der Waals surface area (Å²) in [5, 5.41) is 1.33. The molecule has 1 aromatic heterocycles. The van der Waals surface area contributed by atoms with Crippen LogP contribution in [0.25, 0.3) is 10.1 Å². The lowest BCUT2D eigenvalue weighted by Gasteiger charge is -1.95. The Morgan fingerprint density at radius 1 is 1.38 bits per heavy atom. The van der Waals surface area contributed by atoms with Gasteiger partial charge in [0.2, 0.25) is 0 Å². The number of hydrogen-bond donors (Lipinski definition) is 0. The number of benzene rings is 1. The van der Waals surface area contributed by atoms with E-state index >= 15 is 0 Å². The van der Waals surface area contributed by atoms with E-state index in [4.69, 9.17) is 0 Å². The van der Waals surface area contributed by atoms with Crippen molar-refractivity contribution in [2.45, 2.75) is 11.8 Å². The van der Waals surface area contributed by atoms with Crippen LogP contribution in [0.5, 0.6) is 0 Å². The molecule has 0 N–H and O–H groups in total. The molecule has 68 valence electrons. The molecule has 0 saturated carbocycles. The average Bonchev–Trinajstić information content (AvgIpc) is 2.42. The van der Waals surface area contributed by atoms with E-state index in [2.05, 4.69) is 47.3 Å². The molecule has 2 aromatic rings. The lowest BCUT2D eigenvalue weighted by molar-refractivity contribution is 1.52. The highest BCUT2D eigenvalue weighted by molar-refractivity contribution is 9.10. The third-order valence-corrected chi connectivity index (χ3v) is 5.08. The van der Waals surface area contributed by atoms with Crippen molar-refractivity contribution >= 4 is 49.1 Å². The Hall–Kier alpha value is 0.01000. The van der Waals surface area contributed by atoms with Crippen LogP contribution in [-0.4, -0.2) is 6.26 Å². The molecule has 0 bridgehead atoms.